The quantitative estimate of drug-likeness (QED) is 0.433. The number of rotatable bonds is 9. The molecule has 2 aromatic carbocycles. The lowest BCUT2D eigenvalue weighted by molar-refractivity contribution is -0.137. The van der Waals surface area contributed by atoms with Gasteiger partial charge in [-0.2, -0.15) is 18.2 Å². The lowest BCUT2D eigenvalue weighted by Gasteiger charge is -2.19. The van der Waals surface area contributed by atoms with E-state index in [0.29, 0.717) is 23.1 Å². The molecule has 0 aliphatic heterocycles. The van der Waals surface area contributed by atoms with Crippen molar-refractivity contribution in [3.63, 3.8) is 0 Å². The number of alkyl halides is 3. The first-order chi connectivity index (χ1) is 16.6. The minimum absolute atomic E-state index is 0.0571. The van der Waals surface area contributed by atoms with Gasteiger partial charge in [-0.1, -0.05) is 18.2 Å². The van der Waals surface area contributed by atoms with Crippen LogP contribution >= 0.6 is 0 Å². The van der Waals surface area contributed by atoms with E-state index in [1.165, 1.54) is 24.3 Å². The van der Waals surface area contributed by atoms with Crippen LogP contribution in [0.4, 0.5) is 24.8 Å². The monoisotopic (exact) mass is 485 g/mol. The Morgan fingerprint density at radius 3 is 2.57 bits per heavy atom. The summed E-state index contributed by atoms with van der Waals surface area (Å²) in [5.74, 6) is 0.852. The normalized spacial score (nSPS) is 11.6. The lowest BCUT2D eigenvalue weighted by atomic mass is 10.2. The average Bonchev–Trinajstić information content (AvgIpc) is 2.81. The number of hydrogen-bond donors (Lipinski definition) is 1. The molecule has 35 heavy (non-hydrogen) atoms. The molecule has 10 heteroatoms. The molecular weight excluding hydrogens is 459 g/mol. The van der Waals surface area contributed by atoms with E-state index in [2.05, 4.69) is 20.2 Å². The molecule has 0 unspecified atom stereocenters. The summed E-state index contributed by atoms with van der Waals surface area (Å²) < 4.78 is 44.4. The molecule has 3 aromatic rings. The zero-order valence-electron chi connectivity index (χ0n) is 19.6. The van der Waals surface area contributed by atoms with Crippen molar-refractivity contribution in [2.75, 3.05) is 44.4 Å². The Bertz CT molecular complexity index is 1180. The zero-order chi connectivity index (χ0) is 25.4. The predicted octanol–water partition coefficient (Wildman–Crippen LogP) is 4.94. The Labute approximate surface area is 201 Å². The number of hydrogen-bond acceptors (Lipinski definition) is 6. The third-order valence-electron chi connectivity index (χ3n) is 4.81. The maximum Gasteiger partial charge on any atom is 0.416 e. The maximum absolute atomic E-state index is 12.8. The minimum Gasteiger partial charge on any atom is -0.439 e. The summed E-state index contributed by atoms with van der Waals surface area (Å²) in [5, 5.41) is 2.43. The Morgan fingerprint density at radius 2 is 1.83 bits per heavy atom. The van der Waals surface area contributed by atoms with Crippen molar-refractivity contribution in [3.8, 4) is 11.6 Å². The second kappa shape index (κ2) is 11.5. The fraction of sp³-hybridized carbons (Fsp3) is 0.240. The van der Waals surface area contributed by atoms with Gasteiger partial charge in [-0.15, -0.1) is 0 Å². The molecule has 0 aliphatic carbocycles. The summed E-state index contributed by atoms with van der Waals surface area (Å²) >= 11 is 0. The Balaban J connectivity index is 1.63. The zero-order valence-corrected chi connectivity index (χ0v) is 19.6. The highest BCUT2D eigenvalue weighted by Gasteiger charge is 2.30. The number of ether oxygens (including phenoxy) is 1. The fourth-order valence-corrected chi connectivity index (χ4v) is 2.95. The summed E-state index contributed by atoms with van der Waals surface area (Å²) in [7, 11) is 5.88. The van der Waals surface area contributed by atoms with Crippen LogP contribution in [0, 0.1) is 0 Å². The van der Waals surface area contributed by atoms with Gasteiger partial charge in [0.25, 0.3) is 0 Å². The first kappa shape index (κ1) is 25.7. The van der Waals surface area contributed by atoms with Gasteiger partial charge in [-0.3, -0.25) is 4.79 Å². The van der Waals surface area contributed by atoms with Crippen molar-refractivity contribution < 1.29 is 22.7 Å². The molecule has 0 bridgehead atoms. The Morgan fingerprint density at radius 1 is 1.06 bits per heavy atom. The third-order valence-corrected chi connectivity index (χ3v) is 4.81. The molecule has 0 fully saturated rings. The molecule has 1 heterocycles. The topological polar surface area (TPSA) is 70.6 Å². The van der Waals surface area contributed by atoms with E-state index in [4.69, 9.17) is 4.74 Å². The van der Waals surface area contributed by atoms with Crippen LogP contribution in [0.5, 0.6) is 11.6 Å². The second-order valence-corrected chi connectivity index (χ2v) is 8.00. The van der Waals surface area contributed by atoms with Crippen LogP contribution < -0.4 is 15.0 Å². The van der Waals surface area contributed by atoms with E-state index in [1.54, 1.807) is 36.5 Å². The van der Waals surface area contributed by atoms with E-state index in [-0.39, 0.29) is 5.69 Å². The predicted molar refractivity (Wildman–Crippen MR) is 129 cm³/mol. The van der Waals surface area contributed by atoms with Gasteiger partial charge in [0, 0.05) is 44.2 Å². The number of halogens is 3. The molecule has 3 rings (SSSR count). The van der Waals surface area contributed by atoms with E-state index >= 15 is 0 Å². The minimum atomic E-state index is -4.48. The number of anilines is 2. The maximum atomic E-state index is 12.8. The van der Waals surface area contributed by atoms with Gasteiger partial charge in [0.15, 0.2) is 0 Å². The molecule has 0 radical (unpaired) electrons. The van der Waals surface area contributed by atoms with E-state index in [0.717, 1.165) is 25.2 Å². The standard InChI is InChI=1S/C25H26F3N5O2/c1-32(2)14-15-33(3)24-29-13-12-23(31-24)35-21-9-4-6-18(16-21)10-11-22(34)30-20-8-5-7-19(17-20)25(26,27)28/h4-13,16-17H,14-15H2,1-3H3,(H,30,34). The highest BCUT2D eigenvalue weighted by atomic mass is 19.4. The van der Waals surface area contributed by atoms with Gasteiger partial charge in [-0.25, -0.2) is 4.98 Å². The number of carbonyl (C=O) groups excluding carboxylic acids is 1. The molecule has 184 valence electrons. The van der Waals surface area contributed by atoms with Crippen molar-refractivity contribution >= 4 is 23.6 Å². The van der Waals surface area contributed by atoms with Gasteiger partial charge in [0.05, 0.1) is 5.56 Å². The van der Waals surface area contributed by atoms with Crippen LogP contribution in [-0.4, -0.2) is 55.0 Å². The summed E-state index contributed by atoms with van der Waals surface area (Å²) in [6, 6.07) is 13.1. The number of nitrogens with zero attached hydrogens (tertiary/aromatic N) is 4. The van der Waals surface area contributed by atoms with Gasteiger partial charge < -0.3 is 19.9 Å². The van der Waals surface area contributed by atoms with Crippen molar-refractivity contribution in [1.29, 1.82) is 0 Å². The molecular formula is C25H26F3N5O2. The fourth-order valence-electron chi connectivity index (χ4n) is 2.95. The molecule has 1 N–H and O–H groups in total. The molecule has 0 atom stereocenters. The Hall–Kier alpha value is -3.92. The molecule has 0 saturated heterocycles. The summed E-state index contributed by atoms with van der Waals surface area (Å²) in [6.07, 6.45) is -0.0904. The smallest absolute Gasteiger partial charge is 0.416 e. The van der Waals surface area contributed by atoms with E-state index in [1.807, 2.05) is 26.0 Å². The highest BCUT2D eigenvalue weighted by Crippen LogP contribution is 2.30. The lowest BCUT2D eigenvalue weighted by Crippen LogP contribution is -2.29. The van der Waals surface area contributed by atoms with Gasteiger partial charge in [0.1, 0.15) is 5.75 Å². The molecule has 0 spiro atoms. The van der Waals surface area contributed by atoms with Gasteiger partial charge in [-0.05, 0) is 56.1 Å². The van der Waals surface area contributed by atoms with Crippen LogP contribution in [0.3, 0.4) is 0 Å². The van der Waals surface area contributed by atoms with Crippen LogP contribution in [-0.2, 0) is 11.0 Å². The second-order valence-electron chi connectivity index (χ2n) is 8.00. The number of benzene rings is 2. The summed E-state index contributed by atoms with van der Waals surface area (Å²) in [5.41, 5.74) is -0.110. The Kier molecular flexibility index (Phi) is 8.43. The van der Waals surface area contributed by atoms with E-state index < -0.39 is 17.6 Å². The third kappa shape index (κ3) is 8.11. The highest BCUT2D eigenvalue weighted by molar-refractivity contribution is 6.02. The van der Waals surface area contributed by atoms with Crippen LogP contribution in [0.25, 0.3) is 6.08 Å². The average molecular weight is 486 g/mol. The van der Waals surface area contributed by atoms with Crippen LogP contribution in [0.1, 0.15) is 11.1 Å². The van der Waals surface area contributed by atoms with Crippen molar-refractivity contribution in [2.45, 2.75) is 6.18 Å². The van der Waals surface area contributed by atoms with Crippen LogP contribution in [0.15, 0.2) is 66.9 Å². The largest absolute Gasteiger partial charge is 0.439 e. The number of carbonyl (C=O) groups is 1. The van der Waals surface area contributed by atoms with E-state index in [9.17, 15) is 18.0 Å². The number of likely N-dealkylation sites (N-methyl/N-ethyl adjacent to an activating group) is 2. The molecule has 1 amide bonds. The molecule has 0 aliphatic rings. The molecule has 7 nitrogen and oxygen atoms in total. The summed E-state index contributed by atoms with van der Waals surface area (Å²) in [6.45, 7) is 1.60. The molecule has 0 saturated carbocycles. The number of nitrogens with one attached hydrogen (secondary N) is 1. The number of amides is 1. The van der Waals surface area contributed by atoms with Gasteiger partial charge in [0.2, 0.25) is 17.7 Å². The first-order valence-electron chi connectivity index (χ1n) is 10.7. The number of aromatic nitrogens is 2. The SMILES string of the molecule is CN(C)CCN(C)c1nccc(Oc2cccc(C=CC(=O)Nc3cccc(C(F)(F)F)c3)c2)n1. The first-order valence-corrected chi connectivity index (χ1v) is 10.7. The van der Waals surface area contributed by atoms with Crippen molar-refractivity contribution in [1.82, 2.24) is 14.9 Å². The van der Waals surface area contributed by atoms with Crippen LogP contribution in [0.2, 0.25) is 0 Å². The van der Waals surface area contributed by atoms with Crippen molar-refractivity contribution in [2.24, 2.45) is 0 Å². The van der Waals surface area contributed by atoms with Crippen molar-refractivity contribution in [3.05, 3.63) is 78.0 Å². The van der Waals surface area contributed by atoms with Gasteiger partial charge >= 0.3 is 6.18 Å². The summed E-state index contributed by atoms with van der Waals surface area (Å²) in [4.78, 5) is 24.9. The molecule has 1 aromatic heterocycles.